The largest absolute Gasteiger partial charge is 0.496 e. The Morgan fingerprint density at radius 1 is 1.13 bits per heavy atom. The Labute approximate surface area is 183 Å². The van der Waals surface area contributed by atoms with Crippen molar-refractivity contribution in [2.75, 3.05) is 7.11 Å². The van der Waals surface area contributed by atoms with Gasteiger partial charge in [-0.25, -0.2) is 8.42 Å². The first-order valence-corrected chi connectivity index (χ1v) is 12.0. The van der Waals surface area contributed by atoms with E-state index in [-0.39, 0.29) is 9.96 Å². The van der Waals surface area contributed by atoms with Gasteiger partial charge in [-0.05, 0) is 35.4 Å². The molecule has 0 unspecified atom stereocenters. The van der Waals surface area contributed by atoms with Crippen molar-refractivity contribution in [1.29, 1.82) is 0 Å². The summed E-state index contributed by atoms with van der Waals surface area (Å²) in [6.07, 6.45) is 0. The lowest BCUT2D eigenvalue weighted by Crippen LogP contribution is -2.06. The van der Waals surface area contributed by atoms with Crippen molar-refractivity contribution in [3.8, 4) is 5.75 Å². The van der Waals surface area contributed by atoms with Gasteiger partial charge in [-0.3, -0.25) is 4.68 Å². The molecule has 0 bridgehead atoms. The Bertz CT molecular complexity index is 1310. The van der Waals surface area contributed by atoms with E-state index < -0.39 is 9.84 Å². The van der Waals surface area contributed by atoms with Gasteiger partial charge in [-0.2, -0.15) is 5.10 Å². The Kier molecular flexibility index (Phi) is 5.84. The number of nitrogens with zero attached hydrogens (tertiary/aromatic N) is 2. The fourth-order valence-corrected chi connectivity index (χ4v) is 6.26. The van der Waals surface area contributed by atoms with Gasteiger partial charge in [0.05, 0.1) is 34.6 Å². The number of thiophene rings is 1. The van der Waals surface area contributed by atoms with E-state index in [9.17, 15) is 8.42 Å². The molecule has 4 rings (SSSR count). The van der Waals surface area contributed by atoms with Gasteiger partial charge in [0.1, 0.15) is 15.7 Å². The van der Waals surface area contributed by atoms with Crippen LogP contribution in [0, 0.1) is 0 Å². The van der Waals surface area contributed by atoms with Crippen LogP contribution in [-0.2, 0) is 28.7 Å². The fourth-order valence-electron chi connectivity index (χ4n) is 3.41. The van der Waals surface area contributed by atoms with Crippen LogP contribution in [0.3, 0.4) is 0 Å². The number of sulfone groups is 1. The number of methoxy groups -OCH3 is 1. The number of hydrogen-bond donors (Lipinski definition) is 1. The van der Waals surface area contributed by atoms with Gasteiger partial charge in [0.2, 0.25) is 0 Å². The van der Waals surface area contributed by atoms with Crippen LogP contribution < -0.4 is 10.5 Å². The summed E-state index contributed by atoms with van der Waals surface area (Å²) >= 11 is 6.98. The second-order valence-corrected chi connectivity index (χ2v) is 10.7. The first-order valence-electron chi connectivity index (χ1n) is 9.19. The topological polar surface area (TPSA) is 87.2 Å². The number of aromatic nitrogens is 2. The molecule has 156 valence electrons. The van der Waals surface area contributed by atoms with Gasteiger partial charge in [-0.15, -0.1) is 11.3 Å². The molecule has 0 saturated carbocycles. The Balaban J connectivity index is 1.79. The molecule has 0 amide bonds. The van der Waals surface area contributed by atoms with E-state index in [0.717, 1.165) is 28.0 Å². The third-order valence-electron chi connectivity index (χ3n) is 4.77. The summed E-state index contributed by atoms with van der Waals surface area (Å²) in [5.41, 5.74) is 9.07. The Morgan fingerprint density at radius 2 is 1.90 bits per heavy atom. The molecule has 0 atom stereocenters. The maximum absolute atomic E-state index is 13.0. The van der Waals surface area contributed by atoms with Crippen molar-refractivity contribution < 1.29 is 13.2 Å². The number of benzene rings is 2. The van der Waals surface area contributed by atoms with Crippen LogP contribution >= 0.6 is 22.9 Å². The summed E-state index contributed by atoms with van der Waals surface area (Å²) in [6.45, 7) is 0.941. The van der Waals surface area contributed by atoms with E-state index in [1.165, 1.54) is 6.07 Å². The second kappa shape index (κ2) is 8.39. The Hall–Kier alpha value is -2.39. The van der Waals surface area contributed by atoms with Crippen molar-refractivity contribution in [3.63, 3.8) is 0 Å². The third kappa shape index (κ3) is 4.09. The van der Waals surface area contributed by atoms with E-state index in [1.807, 2.05) is 42.5 Å². The zero-order valence-electron chi connectivity index (χ0n) is 16.2. The van der Waals surface area contributed by atoms with Crippen molar-refractivity contribution in [1.82, 2.24) is 9.78 Å². The zero-order chi connectivity index (χ0) is 21.3. The van der Waals surface area contributed by atoms with E-state index in [2.05, 4.69) is 5.10 Å². The van der Waals surface area contributed by atoms with Gasteiger partial charge in [0.25, 0.3) is 0 Å². The summed E-state index contributed by atoms with van der Waals surface area (Å²) in [5.74, 6) is 0.347. The molecule has 2 heterocycles. The van der Waals surface area contributed by atoms with E-state index in [1.54, 1.807) is 17.9 Å². The normalized spacial score (nSPS) is 11.8. The summed E-state index contributed by atoms with van der Waals surface area (Å²) in [7, 11) is -2.03. The molecule has 6 nitrogen and oxygen atoms in total. The number of fused-ring (bicyclic) bond motifs is 1. The molecule has 0 spiro atoms. The van der Waals surface area contributed by atoms with Crippen LogP contribution in [0.4, 0.5) is 0 Å². The predicted octanol–water partition coefficient (Wildman–Crippen LogP) is 4.24. The minimum absolute atomic E-state index is 0.223. The fraction of sp³-hybridized carbons (Fsp3) is 0.190. The average molecular weight is 462 g/mol. The number of hydrogen-bond acceptors (Lipinski definition) is 6. The number of nitrogens with two attached hydrogens (primary N) is 1. The lowest BCUT2D eigenvalue weighted by molar-refractivity contribution is 0.419. The van der Waals surface area contributed by atoms with Crippen LogP contribution in [-0.4, -0.2) is 25.3 Å². The third-order valence-corrected chi connectivity index (χ3v) is 8.21. The lowest BCUT2D eigenvalue weighted by Gasteiger charge is -2.06. The first kappa shape index (κ1) is 20.9. The molecule has 0 saturated heterocycles. The second-order valence-electron chi connectivity index (χ2n) is 6.80. The summed E-state index contributed by atoms with van der Waals surface area (Å²) in [5, 5.41) is 5.36. The summed E-state index contributed by atoms with van der Waals surface area (Å²) in [6, 6.07) is 16.6. The number of halogens is 1. The van der Waals surface area contributed by atoms with Crippen LogP contribution in [0.15, 0.2) is 58.8 Å². The number of rotatable bonds is 7. The average Bonchev–Trinajstić information content (AvgIpc) is 3.32. The van der Waals surface area contributed by atoms with Gasteiger partial charge in [0.15, 0.2) is 9.84 Å². The highest BCUT2D eigenvalue weighted by Gasteiger charge is 2.24. The first-order chi connectivity index (χ1) is 14.4. The molecular weight excluding hydrogens is 442 g/mol. The highest BCUT2D eigenvalue weighted by molar-refractivity contribution is 7.92. The van der Waals surface area contributed by atoms with Gasteiger partial charge >= 0.3 is 0 Å². The van der Waals surface area contributed by atoms with Crippen molar-refractivity contribution >= 4 is 43.7 Å². The molecule has 30 heavy (non-hydrogen) atoms. The molecule has 2 N–H and O–H groups in total. The minimum Gasteiger partial charge on any atom is -0.496 e. The standard InChI is InChI=1S/C21H20ClN3O3S2/c1-28-18-7-3-6-17-21(18)16(13-30(26,27)20-9-8-19(22)29-20)24-25(17)12-15-5-2-4-14(10-15)11-23/h2-10H,11-13,23H2,1H3. The minimum atomic E-state index is -3.59. The Morgan fingerprint density at radius 3 is 2.60 bits per heavy atom. The molecule has 9 heteroatoms. The monoisotopic (exact) mass is 461 g/mol. The van der Waals surface area contributed by atoms with Crippen LogP contribution in [0.1, 0.15) is 16.8 Å². The van der Waals surface area contributed by atoms with E-state index >= 15 is 0 Å². The smallest absolute Gasteiger partial charge is 0.193 e. The molecule has 0 aliphatic heterocycles. The van der Waals surface area contributed by atoms with Crippen LogP contribution in [0.2, 0.25) is 4.34 Å². The number of ether oxygens (including phenoxy) is 1. The molecule has 4 aromatic rings. The molecule has 0 aliphatic carbocycles. The van der Waals surface area contributed by atoms with Crippen molar-refractivity contribution in [2.24, 2.45) is 5.73 Å². The van der Waals surface area contributed by atoms with Crippen LogP contribution in [0.25, 0.3) is 10.9 Å². The van der Waals surface area contributed by atoms with Gasteiger partial charge < -0.3 is 10.5 Å². The maximum atomic E-state index is 13.0. The summed E-state index contributed by atoms with van der Waals surface area (Å²) in [4.78, 5) is 0. The highest BCUT2D eigenvalue weighted by atomic mass is 35.5. The molecule has 0 radical (unpaired) electrons. The summed E-state index contributed by atoms with van der Waals surface area (Å²) < 4.78 is 33.9. The molecular formula is C21H20ClN3O3S2. The quantitative estimate of drug-likeness (QED) is 0.444. The van der Waals surface area contributed by atoms with Gasteiger partial charge in [-0.1, -0.05) is 41.9 Å². The van der Waals surface area contributed by atoms with Crippen molar-refractivity contribution in [3.05, 3.63) is 75.8 Å². The van der Waals surface area contributed by atoms with E-state index in [4.69, 9.17) is 22.1 Å². The molecule has 0 aliphatic rings. The van der Waals surface area contributed by atoms with Gasteiger partial charge in [0, 0.05) is 6.54 Å². The SMILES string of the molecule is COc1cccc2c1c(CS(=O)(=O)c1ccc(Cl)s1)nn2Cc1cccc(CN)c1. The van der Waals surface area contributed by atoms with E-state index in [0.29, 0.717) is 34.3 Å². The molecule has 0 fully saturated rings. The van der Waals surface area contributed by atoms with Crippen LogP contribution in [0.5, 0.6) is 5.75 Å². The maximum Gasteiger partial charge on any atom is 0.193 e. The lowest BCUT2D eigenvalue weighted by atomic mass is 10.1. The highest BCUT2D eigenvalue weighted by Crippen LogP contribution is 2.33. The van der Waals surface area contributed by atoms with Crippen molar-refractivity contribution in [2.45, 2.75) is 23.1 Å². The molecule has 2 aromatic heterocycles. The molecule has 2 aromatic carbocycles. The predicted molar refractivity (Wildman–Crippen MR) is 120 cm³/mol. The zero-order valence-corrected chi connectivity index (χ0v) is 18.6.